The Morgan fingerprint density at radius 1 is 0.744 bits per heavy atom. The maximum atomic E-state index is 13.0. The molecule has 0 fully saturated rings. The molecule has 0 bridgehead atoms. The third-order valence-electron chi connectivity index (χ3n) is 5.88. The van der Waals surface area contributed by atoms with Crippen LogP contribution in [0, 0.1) is 5.92 Å². The number of nitrogens with two attached hydrogens (primary N) is 1. The second-order valence-electron chi connectivity index (χ2n) is 9.46. The summed E-state index contributed by atoms with van der Waals surface area (Å²) in [5.74, 6) is -5.60. The number of aliphatic carboxylic acids is 2. The molecular formula is C27H34N4O8. The van der Waals surface area contributed by atoms with Crippen molar-refractivity contribution in [1.29, 1.82) is 0 Å². The van der Waals surface area contributed by atoms with Gasteiger partial charge in [0.1, 0.15) is 23.9 Å². The molecule has 0 spiro atoms. The third kappa shape index (κ3) is 10.1. The van der Waals surface area contributed by atoms with Gasteiger partial charge in [0, 0.05) is 6.42 Å². The van der Waals surface area contributed by atoms with Gasteiger partial charge >= 0.3 is 11.9 Å². The van der Waals surface area contributed by atoms with Crippen molar-refractivity contribution >= 4 is 29.7 Å². The number of rotatable bonds is 14. The fourth-order valence-corrected chi connectivity index (χ4v) is 3.74. The molecule has 0 aliphatic heterocycles. The molecule has 3 amide bonds. The summed E-state index contributed by atoms with van der Waals surface area (Å²) in [6.45, 7) is 3.24. The summed E-state index contributed by atoms with van der Waals surface area (Å²) in [5, 5.41) is 35.5. The second-order valence-corrected chi connectivity index (χ2v) is 9.46. The van der Waals surface area contributed by atoms with Gasteiger partial charge in [-0.3, -0.25) is 19.2 Å². The van der Waals surface area contributed by atoms with Crippen LogP contribution in [-0.2, 0) is 36.8 Å². The summed E-state index contributed by atoms with van der Waals surface area (Å²) < 4.78 is 0. The van der Waals surface area contributed by atoms with E-state index in [1.165, 1.54) is 12.1 Å². The van der Waals surface area contributed by atoms with Crippen molar-refractivity contribution in [2.75, 3.05) is 0 Å². The van der Waals surface area contributed by atoms with Crippen LogP contribution in [0.15, 0.2) is 54.6 Å². The molecule has 0 radical (unpaired) electrons. The topological polar surface area (TPSA) is 208 Å². The molecule has 2 aromatic rings. The van der Waals surface area contributed by atoms with E-state index >= 15 is 0 Å². The number of carboxylic acid groups (broad SMARTS) is 2. The molecule has 0 aromatic heterocycles. The van der Waals surface area contributed by atoms with E-state index in [9.17, 15) is 39.3 Å². The predicted octanol–water partition coefficient (Wildman–Crippen LogP) is 0.174. The average Bonchev–Trinajstić information content (AvgIpc) is 2.87. The molecule has 0 aliphatic carbocycles. The van der Waals surface area contributed by atoms with Crippen LogP contribution in [-0.4, -0.2) is 69.1 Å². The van der Waals surface area contributed by atoms with E-state index in [2.05, 4.69) is 16.0 Å². The van der Waals surface area contributed by atoms with Crippen LogP contribution >= 0.6 is 0 Å². The molecule has 0 saturated carbocycles. The number of hydrogen-bond donors (Lipinski definition) is 7. The van der Waals surface area contributed by atoms with E-state index in [4.69, 9.17) is 5.73 Å². The lowest BCUT2D eigenvalue weighted by Gasteiger charge is -2.26. The Labute approximate surface area is 225 Å². The molecule has 0 unspecified atom stereocenters. The van der Waals surface area contributed by atoms with E-state index in [1.54, 1.807) is 56.3 Å². The normalized spacial score (nSPS) is 13.9. The fourth-order valence-electron chi connectivity index (χ4n) is 3.74. The molecule has 8 N–H and O–H groups in total. The summed E-state index contributed by atoms with van der Waals surface area (Å²) in [7, 11) is 0. The lowest BCUT2D eigenvalue weighted by Crippen LogP contribution is -2.59. The van der Waals surface area contributed by atoms with Gasteiger partial charge in [0.15, 0.2) is 0 Å². The van der Waals surface area contributed by atoms with Gasteiger partial charge in [-0.05, 0) is 35.6 Å². The first-order valence-electron chi connectivity index (χ1n) is 12.3. The first-order valence-corrected chi connectivity index (χ1v) is 12.3. The molecule has 12 nitrogen and oxygen atoms in total. The van der Waals surface area contributed by atoms with Gasteiger partial charge in [0.05, 0.1) is 12.5 Å². The zero-order valence-electron chi connectivity index (χ0n) is 21.7. The quantitative estimate of drug-likeness (QED) is 0.173. The van der Waals surface area contributed by atoms with Gasteiger partial charge in [0.2, 0.25) is 17.7 Å². The van der Waals surface area contributed by atoms with Crippen molar-refractivity contribution < 1.29 is 39.3 Å². The maximum absolute atomic E-state index is 13.0. The second kappa shape index (κ2) is 14.5. The molecule has 210 valence electrons. The van der Waals surface area contributed by atoms with Crippen molar-refractivity contribution in [2.45, 2.75) is 57.3 Å². The van der Waals surface area contributed by atoms with E-state index in [0.717, 1.165) is 0 Å². The van der Waals surface area contributed by atoms with Crippen LogP contribution in [0.5, 0.6) is 5.75 Å². The first kappa shape index (κ1) is 30.8. The summed E-state index contributed by atoms with van der Waals surface area (Å²) in [5.41, 5.74) is 7.25. The van der Waals surface area contributed by atoms with E-state index in [-0.39, 0.29) is 18.6 Å². The average molecular weight is 543 g/mol. The standard InChI is InChI=1S/C27H34N4O8/c1-15(2)23(26(37)30-21(27(38)39)13-16-6-4-3-5-7-16)31-25(36)20(14-22(33)34)29-24(35)19(28)12-17-8-10-18(32)11-9-17/h3-11,15,19-21,23,32H,12-14,28H2,1-2H3,(H,29,35)(H,30,37)(H,31,36)(H,33,34)(H,38,39)/t19-,20-,21-,23-/m0/s1. The summed E-state index contributed by atoms with van der Waals surface area (Å²) >= 11 is 0. The van der Waals surface area contributed by atoms with Crippen LogP contribution in [0.3, 0.4) is 0 Å². The monoisotopic (exact) mass is 542 g/mol. The molecule has 2 rings (SSSR count). The largest absolute Gasteiger partial charge is 0.508 e. The van der Waals surface area contributed by atoms with Gasteiger partial charge in [-0.2, -0.15) is 0 Å². The van der Waals surface area contributed by atoms with Crippen molar-refractivity contribution in [3.63, 3.8) is 0 Å². The Morgan fingerprint density at radius 2 is 1.31 bits per heavy atom. The minimum atomic E-state index is -1.55. The molecule has 0 heterocycles. The molecular weight excluding hydrogens is 508 g/mol. The Hall–Kier alpha value is -4.45. The number of benzene rings is 2. The van der Waals surface area contributed by atoms with Crippen LogP contribution in [0.2, 0.25) is 0 Å². The number of carboxylic acids is 2. The molecule has 12 heteroatoms. The lowest BCUT2D eigenvalue weighted by molar-refractivity contribution is -0.143. The Balaban J connectivity index is 2.10. The number of nitrogens with one attached hydrogen (secondary N) is 3. The number of phenols is 1. The van der Waals surface area contributed by atoms with Crippen molar-refractivity contribution in [2.24, 2.45) is 11.7 Å². The molecule has 4 atom stereocenters. The number of hydrogen-bond acceptors (Lipinski definition) is 7. The van der Waals surface area contributed by atoms with Gasteiger partial charge in [-0.1, -0.05) is 56.3 Å². The molecule has 0 saturated heterocycles. The highest BCUT2D eigenvalue weighted by Gasteiger charge is 2.33. The number of phenolic OH excluding ortho intramolecular Hbond substituents is 1. The smallest absolute Gasteiger partial charge is 0.326 e. The summed E-state index contributed by atoms with van der Waals surface area (Å²) in [4.78, 5) is 61.8. The molecule has 39 heavy (non-hydrogen) atoms. The van der Waals surface area contributed by atoms with Crippen molar-refractivity contribution in [1.82, 2.24) is 16.0 Å². The zero-order chi connectivity index (χ0) is 29.1. The maximum Gasteiger partial charge on any atom is 0.326 e. The highest BCUT2D eigenvalue weighted by atomic mass is 16.4. The van der Waals surface area contributed by atoms with Crippen LogP contribution in [0.4, 0.5) is 0 Å². The van der Waals surface area contributed by atoms with Gasteiger partial charge in [0.25, 0.3) is 0 Å². The number of aromatic hydroxyl groups is 1. The van der Waals surface area contributed by atoms with Crippen LogP contribution in [0.25, 0.3) is 0 Å². The molecule has 2 aromatic carbocycles. The van der Waals surface area contributed by atoms with Gasteiger partial charge in [-0.25, -0.2) is 4.79 Å². The van der Waals surface area contributed by atoms with Gasteiger partial charge < -0.3 is 37.0 Å². The summed E-state index contributed by atoms with van der Waals surface area (Å²) in [6.07, 6.45) is -0.707. The Bertz CT molecular complexity index is 1150. The Morgan fingerprint density at radius 3 is 1.85 bits per heavy atom. The predicted molar refractivity (Wildman–Crippen MR) is 140 cm³/mol. The number of amides is 3. The van der Waals surface area contributed by atoms with Crippen LogP contribution in [0.1, 0.15) is 31.4 Å². The third-order valence-corrected chi connectivity index (χ3v) is 5.88. The minimum absolute atomic E-state index is 0.0112. The van der Waals surface area contributed by atoms with Crippen molar-refractivity contribution in [3.05, 3.63) is 65.7 Å². The summed E-state index contributed by atoms with van der Waals surface area (Å²) in [6, 6.07) is 9.50. The Kier molecular flexibility index (Phi) is 11.4. The minimum Gasteiger partial charge on any atom is -0.508 e. The van der Waals surface area contributed by atoms with Crippen molar-refractivity contribution in [3.8, 4) is 5.75 Å². The van der Waals surface area contributed by atoms with E-state index in [1.807, 2.05) is 0 Å². The molecule has 0 aliphatic rings. The van der Waals surface area contributed by atoms with Gasteiger partial charge in [-0.15, -0.1) is 0 Å². The van der Waals surface area contributed by atoms with E-state index < -0.39 is 66.2 Å². The lowest BCUT2D eigenvalue weighted by atomic mass is 10.0. The highest BCUT2D eigenvalue weighted by molar-refractivity contribution is 5.95. The zero-order valence-corrected chi connectivity index (χ0v) is 21.7. The van der Waals surface area contributed by atoms with E-state index in [0.29, 0.717) is 11.1 Å². The number of carbonyl (C=O) groups excluding carboxylic acids is 3. The fraction of sp³-hybridized carbons (Fsp3) is 0.370. The first-order chi connectivity index (χ1) is 18.4. The van der Waals surface area contributed by atoms with Crippen LogP contribution < -0.4 is 21.7 Å². The SMILES string of the molecule is CC(C)[C@H](NC(=O)[C@H](CC(=O)O)NC(=O)[C@@H](N)Cc1ccc(O)cc1)C(=O)N[C@@H](Cc1ccccc1)C(=O)O. The highest BCUT2D eigenvalue weighted by Crippen LogP contribution is 2.11. The number of carbonyl (C=O) groups is 5.